The third-order valence-electron chi connectivity index (χ3n) is 4.97. The molecule has 0 aromatic heterocycles. The Morgan fingerprint density at radius 2 is 1.60 bits per heavy atom. The number of halogens is 2. The van der Waals surface area contributed by atoms with Gasteiger partial charge in [0.15, 0.2) is 0 Å². The van der Waals surface area contributed by atoms with E-state index >= 15 is 0 Å². The minimum atomic E-state index is -3.97. The molecule has 0 atom stereocenters. The Balaban J connectivity index is 1.75. The van der Waals surface area contributed by atoms with E-state index in [1.165, 1.54) is 36.4 Å². The molecule has 0 bridgehead atoms. The number of benzene rings is 3. The van der Waals surface area contributed by atoms with E-state index in [1.54, 1.807) is 25.1 Å². The van der Waals surface area contributed by atoms with E-state index < -0.39 is 32.5 Å². The van der Waals surface area contributed by atoms with Gasteiger partial charge in [-0.1, -0.05) is 41.4 Å². The van der Waals surface area contributed by atoms with Crippen LogP contribution in [0, 0.1) is 13.8 Å². The van der Waals surface area contributed by atoms with Crippen LogP contribution in [0.25, 0.3) is 0 Å². The fourth-order valence-electron chi connectivity index (χ4n) is 3.20. The van der Waals surface area contributed by atoms with Crippen LogP contribution in [-0.2, 0) is 24.8 Å². The lowest BCUT2D eigenvalue weighted by molar-refractivity contribution is -0.114. The van der Waals surface area contributed by atoms with Gasteiger partial charge in [0, 0.05) is 5.69 Å². The number of carbonyl (C=O) groups is 1. The standard InChI is InChI=1S/C23H23Cl2N3O5S2/c1-15-7-8-16(2)21(13-15)28(34(3,30)31)14-22(29)26-17-9-11-18(12-10-17)35(32,33)27-20-6-4-5-19(24)23(20)25/h4-13,27H,14H2,1-3H3,(H,26,29). The summed E-state index contributed by atoms with van der Waals surface area (Å²) in [4.78, 5) is 12.6. The molecule has 0 unspecified atom stereocenters. The molecule has 0 fully saturated rings. The van der Waals surface area contributed by atoms with Crippen LogP contribution in [0.2, 0.25) is 10.0 Å². The van der Waals surface area contributed by atoms with Crippen LogP contribution >= 0.6 is 23.2 Å². The van der Waals surface area contributed by atoms with Gasteiger partial charge in [0.1, 0.15) is 6.54 Å². The number of amides is 1. The van der Waals surface area contributed by atoms with Crippen LogP contribution in [0.5, 0.6) is 0 Å². The highest BCUT2D eigenvalue weighted by Gasteiger charge is 2.23. The van der Waals surface area contributed by atoms with Gasteiger partial charge >= 0.3 is 0 Å². The van der Waals surface area contributed by atoms with E-state index in [2.05, 4.69) is 10.0 Å². The van der Waals surface area contributed by atoms with Crippen molar-refractivity contribution in [1.82, 2.24) is 0 Å². The lowest BCUT2D eigenvalue weighted by atomic mass is 10.1. The maximum absolute atomic E-state index is 12.7. The maximum Gasteiger partial charge on any atom is 0.261 e. The Morgan fingerprint density at radius 1 is 0.943 bits per heavy atom. The molecular weight excluding hydrogens is 533 g/mol. The second-order valence-electron chi connectivity index (χ2n) is 7.84. The Morgan fingerprint density at radius 3 is 2.23 bits per heavy atom. The zero-order valence-electron chi connectivity index (χ0n) is 19.0. The quantitative estimate of drug-likeness (QED) is 0.413. The molecule has 3 rings (SSSR count). The summed E-state index contributed by atoms with van der Waals surface area (Å²) >= 11 is 12.0. The predicted octanol–water partition coefficient (Wildman–Crippen LogP) is 4.82. The molecule has 3 aromatic rings. The molecule has 0 saturated heterocycles. The van der Waals surface area contributed by atoms with Crippen molar-refractivity contribution in [3.05, 3.63) is 81.8 Å². The smallest absolute Gasteiger partial charge is 0.261 e. The van der Waals surface area contributed by atoms with Crippen molar-refractivity contribution in [1.29, 1.82) is 0 Å². The molecule has 0 aliphatic heterocycles. The number of aryl methyl sites for hydroxylation is 2. The van der Waals surface area contributed by atoms with Crippen LogP contribution in [0.4, 0.5) is 17.1 Å². The van der Waals surface area contributed by atoms with E-state index in [0.717, 1.165) is 16.1 Å². The van der Waals surface area contributed by atoms with Crippen molar-refractivity contribution in [2.75, 3.05) is 27.1 Å². The first-order valence-corrected chi connectivity index (χ1v) is 14.3. The number of hydrogen-bond acceptors (Lipinski definition) is 5. The van der Waals surface area contributed by atoms with Crippen LogP contribution in [0.3, 0.4) is 0 Å². The Kier molecular flexibility index (Phi) is 8.00. The van der Waals surface area contributed by atoms with Gasteiger partial charge in [-0.25, -0.2) is 16.8 Å². The Hall–Kier alpha value is -2.79. The molecule has 0 spiro atoms. The number of hydrogen-bond donors (Lipinski definition) is 2. The topological polar surface area (TPSA) is 113 Å². The molecule has 3 aromatic carbocycles. The second-order valence-corrected chi connectivity index (χ2v) is 12.2. The van der Waals surface area contributed by atoms with Crippen LogP contribution in [0.15, 0.2) is 65.6 Å². The molecule has 186 valence electrons. The Bertz CT molecular complexity index is 1480. The second kappa shape index (κ2) is 10.4. The number of nitrogens with zero attached hydrogens (tertiary/aromatic N) is 1. The van der Waals surface area contributed by atoms with Gasteiger partial charge in [0.25, 0.3) is 10.0 Å². The van der Waals surface area contributed by atoms with E-state index in [1.807, 2.05) is 13.0 Å². The number of carbonyl (C=O) groups excluding carboxylic acids is 1. The van der Waals surface area contributed by atoms with Crippen molar-refractivity contribution in [2.45, 2.75) is 18.7 Å². The molecule has 8 nitrogen and oxygen atoms in total. The molecule has 12 heteroatoms. The highest BCUT2D eigenvalue weighted by molar-refractivity contribution is 7.92. The minimum Gasteiger partial charge on any atom is -0.325 e. The molecule has 0 aliphatic rings. The van der Waals surface area contributed by atoms with Gasteiger partial charge in [-0.15, -0.1) is 0 Å². The van der Waals surface area contributed by atoms with Crippen molar-refractivity contribution in [3.8, 4) is 0 Å². The SMILES string of the molecule is Cc1ccc(C)c(N(CC(=O)Nc2ccc(S(=O)(=O)Nc3cccc(Cl)c3Cl)cc2)S(C)(=O)=O)c1. The number of anilines is 3. The highest BCUT2D eigenvalue weighted by atomic mass is 35.5. The zero-order valence-corrected chi connectivity index (χ0v) is 22.2. The number of sulfonamides is 2. The van der Waals surface area contributed by atoms with Crippen LogP contribution in [-0.4, -0.2) is 35.5 Å². The van der Waals surface area contributed by atoms with Crippen LogP contribution in [0.1, 0.15) is 11.1 Å². The van der Waals surface area contributed by atoms with Crippen molar-refractivity contribution in [3.63, 3.8) is 0 Å². The third kappa shape index (κ3) is 6.66. The summed E-state index contributed by atoms with van der Waals surface area (Å²) in [5.41, 5.74) is 2.39. The Labute approximate surface area is 215 Å². The highest BCUT2D eigenvalue weighted by Crippen LogP contribution is 2.31. The molecule has 2 N–H and O–H groups in total. The van der Waals surface area contributed by atoms with Gasteiger partial charge in [-0.3, -0.25) is 13.8 Å². The molecular formula is C23H23Cl2N3O5S2. The van der Waals surface area contributed by atoms with Gasteiger partial charge in [-0.2, -0.15) is 0 Å². The first-order valence-electron chi connectivity index (χ1n) is 10.2. The normalized spacial score (nSPS) is 11.7. The molecule has 0 saturated carbocycles. The fraction of sp³-hybridized carbons (Fsp3) is 0.174. The monoisotopic (exact) mass is 555 g/mol. The number of rotatable bonds is 8. The minimum absolute atomic E-state index is 0.0697. The molecule has 1 amide bonds. The van der Waals surface area contributed by atoms with Gasteiger partial charge in [-0.05, 0) is 67.4 Å². The molecule has 0 heterocycles. The summed E-state index contributed by atoms with van der Waals surface area (Å²) in [7, 11) is -7.72. The predicted molar refractivity (Wildman–Crippen MR) is 140 cm³/mol. The zero-order chi connectivity index (χ0) is 26.0. The summed E-state index contributed by atoms with van der Waals surface area (Å²) in [6, 6.07) is 15.3. The summed E-state index contributed by atoms with van der Waals surface area (Å²) in [5, 5.41) is 2.87. The maximum atomic E-state index is 12.7. The van der Waals surface area contributed by atoms with E-state index in [9.17, 15) is 21.6 Å². The lowest BCUT2D eigenvalue weighted by Gasteiger charge is -2.24. The molecule has 0 aliphatic carbocycles. The summed E-state index contributed by atoms with van der Waals surface area (Å²) in [6.07, 6.45) is 1.03. The average molecular weight is 556 g/mol. The summed E-state index contributed by atoms with van der Waals surface area (Å²) in [5.74, 6) is -0.587. The average Bonchev–Trinajstić information content (AvgIpc) is 2.76. The third-order valence-corrected chi connectivity index (χ3v) is 8.29. The summed E-state index contributed by atoms with van der Waals surface area (Å²) in [6.45, 7) is 3.14. The number of nitrogens with one attached hydrogen (secondary N) is 2. The van der Waals surface area contributed by atoms with Gasteiger partial charge in [0.2, 0.25) is 15.9 Å². The van der Waals surface area contributed by atoms with Crippen molar-refractivity contribution < 1.29 is 21.6 Å². The van der Waals surface area contributed by atoms with Crippen LogP contribution < -0.4 is 14.3 Å². The van der Waals surface area contributed by atoms with E-state index in [0.29, 0.717) is 16.9 Å². The van der Waals surface area contributed by atoms with Crippen molar-refractivity contribution in [2.24, 2.45) is 0 Å². The molecule has 35 heavy (non-hydrogen) atoms. The van der Waals surface area contributed by atoms with E-state index in [4.69, 9.17) is 23.2 Å². The van der Waals surface area contributed by atoms with Gasteiger partial charge in [0.05, 0.1) is 32.6 Å². The largest absolute Gasteiger partial charge is 0.325 e. The van der Waals surface area contributed by atoms with Gasteiger partial charge < -0.3 is 5.32 Å². The van der Waals surface area contributed by atoms with Crippen molar-refractivity contribution >= 4 is 66.2 Å². The fourth-order valence-corrected chi connectivity index (χ4v) is 5.59. The first-order chi connectivity index (χ1) is 16.3. The van der Waals surface area contributed by atoms with E-state index in [-0.39, 0.29) is 20.6 Å². The first kappa shape index (κ1) is 26.8. The lowest BCUT2D eigenvalue weighted by Crippen LogP contribution is -2.37. The molecule has 0 radical (unpaired) electrons. The summed E-state index contributed by atoms with van der Waals surface area (Å²) < 4.78 is 53.6.